The maximum Gasteiger partial charge on any atom is 0.254 e. The average molecular weight is 401 g/mol. The molecule has 0 spiro atoms. The number of hydrogen-bond acceptors (Lipinski definition) is 3. The van der Waals surface area contributed by atoms with Gasteiger partial charge in [-0.15, -0.1) is 0 Å². The molecule has 150 valence electrons. The quantitative estimate of drug-likeness (QED) is 0.529. The molecular formula is C24H20FN3O2. The second kappa shape index (κ2) is 7.30. The number of H-pyrrole nitrogens is 1. The highest BCUT2D eigenvalue weighted by Crippen LogP contribution is 2.31. The van der Waals surface area contributed by atoms with Crippen molar-refractivity contribution >= 4 is 16.9 Å². The molecule has 0 unspecified atom stereocenters. The second-order valence-corrected chi connectivity index (χ2v) is 7.44. The zero-order valence-electron chi connectivity index (χ0n) is 16.5. The number of aromatic amines is 1. The van der Waals surface area contributed by atoms with Gasteiger partial charge in [0.2, 0.25) is 0 Å². The fourth-order valence-electron chi connectivity index (χ4n) is 3.87. The molecule has 0 aliphatic carbocycles. The van der Waals surface area contributed by atoms with Crippen molar-refractivity contribution in [2.75, 3.05) is 13.2 Å². The summed E-state index contributed by atoms with van der Waals surface area (Å²) in [6.45, 7) is 2.88. The summed E-state index contributed by atoms with van der Waals surface area (Å²) in [4.78, 5) is 22.2. The van der Waals surface area contributed by atoms with Crippen LogP contribution in [0.3, 0.4) is 0 Å². The molecule has 3 aromatic carbocycles. The molecule has 5 nitrogen and oxygen atoms in total. The molecule has 30 heavy (non-hydrogen) atoms. The molecule has 0 fully saturated rings. The summed E-state index contributed by atoms with van der Waals surface area (Å²) in [5.74, 6) is 0.212. The van der Waals surface area contributed by atoms with Gasteiger partial charge < -0.3 is 14.6 Å². The summed E-state index contributed by atoms with van der Waals surface area (Å²) >= 11 is 0. The number of ether oxygens (including phenoxy) is 1. The Kier molecular flexibility index (Phi) is 4.47. The molecule has 1 aliphatic rings. The summed E-state index contributed by atoms with van der Waals surface area (Å²) in [6, 6.07) is 16.7. The Labute approximate surface area is 173 Å². The Morgan fingerprint density at radius 2 is 1.97 bits per heavy atom. The minimum Gasteiger partial charge on any atom is -0.491 e. The van der Waals surface area contributed by atoms with Gasteiger partial charge in [-0.25, -0.2) is 9.37 Å². The molecule has 0 saturated heterocycles. The van der Waals surface area contributed by atoms with Crippen LogP contribution in [0.15, 0.2) is 60.9 Å². The fourth-order valence-corrected chi connectivity index (χ4v) is 3.87. The van der Waals surface area contributed by atoms with Crippen molar-refractivity contribution in [3.05, 3.63) is 83.4 Å². The highest BCUT2D eigenvalue weighted by molar-refractivity contribution is 5.95. The SMILES string of the molecule is Cc1c(F)cccc1C(=O)N1CCOc2ccc(-c3ccc4nc[nH]c4c3)cc2C1. The van der Waals surface area contributed by atoms with Crippen LogP contribution in [0.1, 0.15) is 21.5 Å². The molecule has 1 aromatic heterocycles. The molecule has 0 radical (unpaired) electrons. The predicted octanol–water partition coefficient (Wildman–Crippen LogP) is 4.71. The Morgan fingerprint density at radius 3 is 2.87 bits per heavy atom. The zero-order chi connectivity index (χ0) is 20.7. The second-order valence-electron chi connectivity index (χ2n) is 7.44. The lowest BCUT2D eigenvalue weighted by molar-refractivity contribution is 0.0732. The first-order valence-electron chi connectivity index (χ1n) is 9.84. The molecule has 4 aromatic rings. The van der Waals surface area contributed by atoms with E-state index in [9.17, 15) is 9.18 Å². The summed E-state index contributed by atoms with van der Waals surface area (Å²) in [5, 5.41) is 0. The van der Waals surface area contributed by atoms with Crippen molar-refractivity contribution in [2.45, 2.75) is 13.5 Å². The van der Waals surface area contributed by atoms with Crippen LogP contribution in [-0.4, -0.2) is 33.9 Å². The molecule has 1 N–H and O–H groups in total. The van der Waals surface area contributed by atoms with E-state index in [0.717, 1.165) is 33.5 Å². The Hall–Kier alpha value is -3.67. The van der Waals surface area contributed by atoms with Crippen molar-refractivity contribution in [1.29, 1.82) is 0 Å². The van der Waals surface area contributed by atoms with E-state index in [-0.39, 0.29) is 11.7 Å². The van der Waals surface area contributed by atoms with Crippen molar-refractivity contribution < 1.29 is 13.9 Å². The topological polar surface area (TPSA) is 58.2 Å². The van der Waals surface area contributed by atoms with Gasteiger partial charge in [0, 0.05) is 17.7 Å². The monoisotopic (exact) mass is 401 g/mol. The van der Waals surface area contributed by atoms with Crippen molar-refractivity contribution in [3.8, 4) is 16.9 Å². The number of amides is 1. The van der Waals surface area contributed by atoms with Crippen LogP contribution in [0.4, 0.5) is 4.39 Å². The first-order valence-corrected chi connectivity index (χ1v) is 9.84. The summed E-state index contributed by atoms with van der Waals surface area (Å²) in [7, 11) is 0. The summed E-state index contributed by atoms with van der Waals surface area (Å²) < 4.78 is 19.8. The van der Waals surface area contributed by atoms with Crippen LogP contribution >= 0.6 is 0 Å². The third-order valence-electron chi connectivity index (χ3n) is 5.58. The fraction of sp³-hybridized carbons (Fsp3) is 0.167. The number of nitrogens with zero attached hydrogens (tertiary/aromatic N) is 2. The molecule has 1 amide bonds. The number of halogens is 1. The van der Waals surface area contributed by atoms with Crippen LogP contribution in [0.2, 0.25) is 0 Å². The Bertz CT molecular complexity index is 1260. The predicted molar refractivity (Wildman–Crippen MR) is 113 cm³/mol. The third-order valence-corrected chi connectivity index (χ3v) is 5.58. The van der Waals surface area contributed by atoms with E-state index in [4.69, 9.17) is 4.74 Å². The number of carbonyl (C=O) groups excluding carboxylic acids is 1. The van der Waals surface area contributed by atoms with E-state index >= 15 is 0 Å². The lowest BCUT2D eigenvalue weighted by Gasteiger charge is -2.21. The zero-order valence-corrected chi connectivity index (χ0v) is 16.5. The number of fused-ring (bicyclic) bond motifs is 2. The minimum absolute atomic E-state index is 0.187. The Balaban J connectivity index is 1.48. The first-order chi connectivity index (χ1) is 14.6. The van der Waals surface area contributed by atoms with Crippen LogP contribution in [0.25, 0.3) is 22.2 Å². The maximum absolute atomic E-state index is 14.0. The molecule has 2 heterocycles. The number of aromatic nitrogens is 2. The first kappa shape index (κ1) is 18.4. The number of benzene rings is 3. The van der Waals surface area contributed by atoms with Crippen LogP contribution < -0.4 is 4.74 Å². The van der Waals surface area contributed by atoms with Gasteiger partial charge in [0.05, 0.1) is 23.9 Å². The third kappa shape index (κ3) is 3.20. The van der Waals surface area contributed by atoms with E-state index in [1.54, 1.807) is 30.3 Å². The van der Waals surface area contributed by atoms with Crippen molar-refractivity contribution in [2.24, 2.45) is 0 Å². The highest BCUT2D eigenvalue weighted by Gasteiger charge is 2.23. The number of nitrogens with one attached hydrogen (secondary N) is 1. The van der Waals surface area contributed by atoms with Gasteiger partial charge >= 0.3 is 0 Å². The molecule has 5 rings (SSSR count). The Morgan fingerprint density at radius 1 is 1.13 bits per heavy atom. The van der Waals surface area contributed by atoms with E-state index < -0.39 is 0 Å². The smallest absolute Gasteiger partial charge is 0.254 e. The molecule has 0 atom stereocenters. The van der Waals surface area contributed by atoms with Gasteiger partial charge in [0.15, 0.2) is 0 Å². The number of hydrogen-bond donors (Lipinski definition) is 1. The van der Waals surface area contributed by atoms with Crippen molar-refractivity contribution in [3.63, 3.8) is 0 Å². The normalized spacial score (nSPS) is 13.6. The minimum atomic E-state index is -0.371. The van der Waals surface area contributed by atoms with Gasteiger partial charge in [-0.1, -0.05) is 18.2 Å². The maximum atomic E-state index is 14.0. The van der Waals surface area contributed by atoms with Crippen LogP contribution in [-0.2, 0) is 6.54 Å². The molecule has 1 aliphatic heterocycles. The van der Waals surface area contributed by atoms with E-state index in [0.29, 0.717) is 30.8 Å². The van der Waals surface area contributed by atoms with Crippen LogP contribution in [0, 0.1) is 12.7 Å². The van der Waals surface area contributed by atoms with E-state index in [1.807, 2.05) is 24.3 Å². The average Bonchev–Trinajstić information content (AvgIpc) is 3.12. The molecule has 0 saturated carbocycles. The molecule has 0 bridgehead atoms. The number of rotatable bonds is 2. The summed E-state index contributed by atoms with van der Waals surface area (Å²) in [6.07, 6.45) is 1.68. The summed E-state index contributed by atoms with van der Waals surface area (Å²) in [5.41, 5.74) is 5.66. The van der Waals surface area contributed by atoms with Crippen LogP contribution in [0.5, 0.6) is 5.75 Å². The lowest BCUT2D eigenvalue weighted by Crippen LogP contribution is -2.33. The molecular weight excluding hydrogens is 381 g/mol. The van der Waals surface area contributed by atoms with E-state index in [1.165, 1.54) is 6.07 Å². The standard InChI is InChI=1S/C24H20FN3O2/c1-15-19(3-2-4-20(15)25)24(29)28-9-10-30-23-8-6-16(11-18(23)13-28)17-5-7-21-22(12-17)27-14-26-21/h2-8,11-12,14H,9-10,13H2,1H3,(H,26,27). The molecule has 6 heteroatoms. The van der Waals surface area contributed by atoms with Crippen molar-refractivity contribution in [1.82, 2.24) is 14.9 Å². The number of imidazole rings is 1. The van der Waals surface area contributed by atoms with Gasteiger partial charge in [-0.05, 0) is 60.0 Å². The highest BCUT2D eigenvalue weighted by atomic mass is 19.1. The largest absolute Gasteiger partial charge is 0.491 e. The van der Waals surface area contributed by atoms with E-state index in [2.05, 4.69) is 22.1 Å². The van der Waals surface area contributed by atoms with Gasteiger partial charge in [0.1, 0.15) is 18.2 Å². The van der Waals surface area contributed by atoms with Gasteiger partial charge in [0.25, 0.3) is 5.91 Å². The van der Waals surface area contributed by atoms with Gasteiger partial charge in [-0.3, -0.25) is 4.79 Å². The lowest BCUT2D eigenvalue weighted by atomic mass is 10.0. The van der Waals surface area contributed by atoms with Gasteiger partial charge in [-0.2, -0.15) is 0 Å². The number of carbonyl (C=O) groups is 1.